The third kappa shape index (κ3) is 3.59. The fraction of sp³-hybridized carbons (Fsp3) is 0.409. The second-order valence-corrected chi connectivity index (χ2v) is 7.23. The van der Waals surface area contributed by atoms with Gasteiger partial charge in [0.1, 0.15) is 17.1 Å². The van der Waals surface area contributed by atoms with E-state index < -0.39 is 0 Å². The highest BCUT2D eigenvalue weighted by Crippen LogP contribution is 2.29. The van der Waals surface area contributed by atoms with Crippen LogP contribution in [0.1, 0.15) is 37.1 Å². The zero-order valence-electron chi connectivity index (χ0n) is 16.5. The fourth-order valence-corrected chi connectivity index (χ4v) is 4.00. The average molecular weight is 378 g/mol. The summed E-state index contributed by atoms with van der Waals surface area (Å²) < 4.78 is 7.37. The normalized spacial score (nSPS) is 16.6. The van der Waals surface area contributed by atoms with Crippen LogP contribution < -0.4 is 4.74 Å². The minimum absolute atomic E-state index is 0.218. The fourth-order valence-electron chi connectivity index (χ4n) is 4.00. The van der Waals surface area contributed by atoms with Gasteiger partial charge in [-0.3, -0.25) is 4.79 Å². The quantitative estimate of drug-likeness (QED) is 0.660. The van der Waals surface area contributed by atoms with Crippen LogP contribution in [-0.2, 0) is 17.8 Å². The Morgan fingerprint density at radius 1 is 1.25 bits per heavy atom. The molecule has 0 N–H and O–H groups in total. The number of aromatic nitrogens is 3. The van der Waals surface area contributed by atoms with Crippen molar-refractivity contribution in [1.29, 1.82) is 0 Å². The van der Waals surface area contributed by atoms with Crippen molar-refractivity contribution in [1.82, 2.24) is 19.4 Å². The van der Waals surface area contributed by atoms with Crippen molar-refractivity contribution < 1.29 is 9.53 Å². The highest BCUT2D eigenvalue weighted by atomic mass is 16.5. The second-order valence-electron chi connectivity index (χ2n) is 7.23. The molecule has 1 amide bonds. The molecule has 1 aliphatic rings. The van der Waals surface area contributed by atoms with Gasteiger partial charge in [-0.25, -0.2) is 9.97 Å². The first-order valence-corrected chi connectivity index (χ1v) is 9.91. The molecule has 1 aliphatic heterocycles. The van der Waals surface area contributed by atoms with Crippen molar-refractivity contribution in [3.8, 4) is 5.75 Å². The van der Waals surface area contributed by atoms with Gasteiger partial charge in [-0.05, 0) is 49.6 Å². The minimum atomic E-state index is 0.218. The molecule has 3 aromatic rings. The van der Waals surface area contributed by atoms with E-state index in [1.165, 1.54) is 0 Å². The molecule has 1 aromatic carbocycles. The summed E-state index contributed by atoms with van der Waals surface area (Å²) in [5, 5.41) is 0. The highest BCUT2D eigenvalue weighted by molar-refractivity contribution is 5.77. The highest BCUT2D eigenvalue weighted by Gasteiger charge is 2.30. The summed E-state index contributed by atoms with van der Waals surface area (Å²) in [6, 6.07) is 11.8. The number of imidazole rings is 1. The molecule has 0 aliphatic carbocycles. The Kier molecular flexibility index (Phi) is 5.28. The second kappa shape index (κ2) is 8.00. The molecule has 146 valence electrons. The lowest BCUT2D eigenvalue weighted by atomic mass is 10.1. The molecule has 0 radical (unpaired) electrons. The van der Waals surface area contributed by atoms with Crippen LogP contribution >= 0.6 is 0 Å². The number of fused-ring (bicyclic) bond motifs is 1. The van der Waals surface area contributed by atoms with Gasteiger partial charge >= 0.3 is 0 Å². The summed E-state index contributed by atoms with van der Waals surface area (Å²) in [7, 11) is 1.66. The molecule has 2 aromatic heterocycles. The van der Waals surface area contributed by atoms with E-state index in [1.54, 1.807) is 7.11 Å². The van der Waals surface area contributed by atoms with Gasteiger partial charge in [0.05, 0.1) is 7.11 Å². The largest absolute Gasteiger partial charge is 0.497 e. The summed E-state index contributed by atoms with van der Waals surface area (Å²) in [6.45, 7) is 4.49. The molecule has 0 saturated carbocycles. The Hall–Kier alpha value is -2.89. The van der Waals surface area contributed by atoms with Crippen LogP contribution in [0.4, 0.5) is 0 Å². The predicted molar refractivity (Wildman–Crippen MR) is 108 cm³/mol. The number of likely N-dealkylation sites (tertiary alicyclic amines) is 1. The van der Waals surface area contributed by atoms with Gasteiger partial charge in [-0.15, -0.1) is 0 Å². The third-order valence-corrected chi connectivity index (χ3v) is 5.54. The van der Waals surface area contributed by atoms with E-state index >= 15 is 0 Å². The molecule has 3 heterocycles. The van der Waals surface area contributed by atoms with E-state index in [2.05, 4.69) is 16.5 Å². The summed E-state index contributed by atoms with van der Waals surface area (Å²) >= 11 is 0. The van der Waals surface area contributed by atoms with Gasteiger partial charge in [-0.1, -0.05) is 12.1 Å². The Balaban J connectivity index is 1.40. The van der Waals surface area contributed by atoms with E-state index in [9.17, 15) is 4.79 Å². The Labute approximate surface area is 165 Å². The standard InChI is InChI=1S/C22H26N4O2/c1-3-26-21(24-19-5-4-13-23-22(19)26)17-12-14-25(15-17)20(27)11-8-16-6-9-18(28-2)10-7-16/h4-7,9-10,13,17H,3,8,11-12,14-15H2,1-2H3/t17-/m0/s1. The number of benzene rings is 1. The lowest BCUT2D eigenvalue weighted by Crippen LogP contribution is -2.29. The summed E-state index contributed by atoms with van der Waals surface area (Å²) in [5.41, 5.74) is 3.02. The van der Waals surface area contributed by atoms with Gasteiger partial charge in [0.2, 0.25) is 5.91 Å². The van der Waals surface area contributed by atoms with Crippen LogP contribution in [-0.4, -0.2) is 45.5 Å². The number of aryl methyl sites for hydroxylation is 2. The van der Waals surface area contributed by atoms with Gasteiger partial charge in [-0.2, -0.15) is 0 Å². The van der Waals surface area contributed by atoms with Gasteiger partial charge < -0.3 is 14.2 Å². The molecule has 1 fully saturated rings. The zero-order chi connectivity index (χ0) is 19.5. The number of amides is 1. The van der Waals surface area contributed by atoms with Crippen molar-refractivity contribution in [3.05, 3.63) is 54.0 Å². The molecule has 0 spiro atoms. The topological polar surface area (TPSA) is 60.2 Å². The molecule has 1 atom stereocenters. The van der Waals surface area contributed by atoms with Crippen LogP contribution in [0, 0.1) is 0 Å². The summed E-state index contributed by atoms with van der Waals surface area (Å²) in [4.78, 5) is 24.0. The molecular formula is C22H26N4O2. The SMILES string of the molecule is CCn1c([C@H]2CCN(C(=O)CCc3ccc(OC)cc3)C2)nc2cccnc21. The number of carbonyl (C=O) groups excluding carboxylic acids is 1. The van der Waals surface area contributed by atoms with E-state index in [0.29, 0.717) is 6.42 Å². The maximum absolute atomic E-state index is 12.7. The Morgan fingerprint density at radius 2 is 2.07 bits per heavy atom. The van der Waals surface area contributed by atoms with Gasteiger partial charge in [0, 0.05) is 38.2 Å². The molecule has 28 heavy (non-hydrogen) atoms. The summed E-state index contributed by atoms with van der Waals surface area (Å²) in [6.07, 6.45) is 4.05. The summed E-state index contributed by atoms with van der Waals surface area (Å²) in [5.74, 6) is 2.39. The predicted octanol–water partition coefficient (Wildman–Crippen LogP) is 3.41. The maximum atomic E-state index is 12.7. The first kappa shape index (κ1) is 18.5. The monoisotopic (exact) mass is 378 g/mol. The number of rotatable bonds is 6. The number of carbonyl (C=O) groups is 1. The number of hydrogen-bond acceptors (Lipinski definition) is 4. The van der Waals surface area contributed by atoms with Crippen LogP contribution in [0.15, 0.2) is 42.6 Å². The Bertz CT molecular complexity index is 964. The zero-order valence-corrected chi connectivity index (χ0v) is 16.5. The van der Waals surface area contributed by atoms with Crippen LogP contribution in [0.2, 0.25) is 0 Å². The van der Waals surface area contributed by atoms with E-state index in [-0.39, 0.29) is 11.8 Å². The molecular weight excluding hydrogens is 352 g/mol. The van der Waals surface area contributed by atoms with Gasteiger partial charge in [0.15, 0.2) is 5.65 Å². The smallest absolute Gasteiger partial charge is 0.222 e. The van der Waals surface area contributed by atoms with E-state index in [4.69, 9.17) is 9.72 Å². The van der Waals surface area contributed by atoms with Crippen molar-refractivity contribution in [2.45, 2.75) is 38.6 Å². The lowest BCUT2D eigenvalue weighted by molar-refractivity contribution is -0.130. The molecule has 0 bridgehead atoms. The van der Waals surface area contributed by atoms with E-state index in [0.717, 1.165) is 60.8 Å². The maximum Gasteiger partial charge on any atom is 0.222 e. The average Bonchev–Trinajstić information content (AvgIpc) is 3.36. The first-order chi connectivity index (χ1) is 13.7. The van der Waals surface area contributed by atoms with Gasteiger partial charge in [0.25, 0.3) is 0 Å². The van der Waals surface area contributed by atoms with Crippen molar-refractivity contribution in [3.63, 3.8) is 0 Å². The molecule has 4 rings (SSSR count). The number of pyridine rings is 1. The van der Waals surface area contributed by atoms with Crippen molar-refractivity contribution >= 4 is 17.1 Å². The minimum Gasteiger partial charge on any atom is -0.497 e. The number of methoxy groups -OCH3 is 1. The lowest BCUT2D eigenvalue weighted by Gasteiger charge is -2.17. The van der Waals surface area contributed by atoms with Crippen molar-refractivity contribution in [2.75, 3.05) is 20.2 Å². The van der Waals surface area contributed by atoms with Crippen molar-refractivity contribution in [2.24, 2.45) is 0 Å². The number of nitrogens with zero attached hydrogens (tertiary/aromatic N) is 4. The molecule has 1 saturated heterocycles. The van der Waals surface area contributed by atoms with E-state index in [1.807, 2.05) is 47.5 Å². The number of ether oxygens (including phenoxy) is 1. The Morgan fingerprint density at radius 3 is 2.82 bits per heavy atom. The number of hydrogen-bond donors (Lipinski definition) is 0. The van der Waals surface area contributed by atoms with Crippen LogP contribution in [0.5, 0.6) is 5.75 Å². The van der Waals surface area contributed by atoms with Crippen LogP contribution in [0.25, 0.3) is 11.2 Å². The molecule has 6 heteroatoms. The third-order valence-electron chi connectivity index (χ3n) is 5.54. The first-order valence-electron chi connectivity index (χ1n) is 9.91. The van der Waals surface area contributed by atoms with Crippen LogP contribution in [0.3, 0.4) is 0 Å². The molecule has 0 unspecified atom stereocenters. The molecule has 6 nitrogen and oxygen atoms in total.